The van der Waals surface area contributed by atoms with Gasteiger partial charge in [0.15, 0.2) is 0 Å². The van der Waals surface area contributed by atoms with Gasteiger partial charge in [0.1, 0.15) is 0 Å². The molecule has 0 atom stereocenters. The molecule has 0 N–H and O–H groups in total. The Bertz CT molecular complexity index is 1160. The maximum atomic E-state index is 6.08. The zero-order chi connectivity index (χ0) is 33.3. The first kappa shape index (κ1) is 36.9. The summed E-state index contributed by atoms with van der Waals surface area (Å²) >= 11 is 0. The molecule has 0 bridgehead atoms. The van der Waals surface area contributed by atoms with Gasteiger partial charge in [0.2, 0.25) is 0 Å². The largest absolute Gasteiger partial charge is 0.332 e. The van der Waals surface area contributed by atoms with E-state index in [4.69, 9.17) is 27.1 Å². The summed E-state index contributed by atoms with van der Waals surface area (Å²) in [6, 6.07) is 13.8. The van der Waals surface area contributed by atoms with Crippen LogP contribution in [-0.2, 0) is 61.6 Å². The summed E-state index contributed by atoms with van der Waals surface area (Å²) in [6.45, 7) is 30.3. The topological polar surface area (TPSA) is 55.4 Å². The first-order chi connectivity index (χ1) is 20.8. The van der Waals surface area contributed by atoms with Crippen LogP contribution in [-0.4, -0.2) is 39.6 Å². The fourth-order valence-corrected chi connectivity index (χ4v) is 8.06. The minimum Gasteiger partial charge on any atom is -0.312 e. The minimum absolute atomic E-state index is 0.0588. The predicted molar refractivity (Wildman–Crippen MR) is 187 cm³/mol. The van der Waals surface area contributed by atoms with Gasteiger partial charge in [0.25, 0.3) is 0 Å². The van der Waals surface area contributed by atoms with E-state index in [-0.39, 0.29) is 27.1 Å². The normalized spacial score (nSPS) is 23.5. The third-order valence-electron chi connectivity index (χ3n) is 8.61. The van der Waals surface area contributed by atoms with Crippen LogP contribution < -0.4 is 0 Å². The van der Waals surface area contributed by atoms with Gasteiger partial charge in [-0.2, -0.15) is 0 Å². The van der Waals surface area contributed by atoms with E-state index in [1.165, 1.54) is 33.4 Å². The van der Waals surface area contributed by atoms with Crippen LogP contribution in [0.3, 0.4) is 0 Å². The van der Waals surface area contributed by atoms with Gasteiger partial charge in [-0.25, -0.2) is 0 Å². The van der Waals surface area contributed by atoms with Crippen molar-refractivity contribution in [3.05, 3.63) is 69.8 Å². The molecule has 2 aliphatic heterocycles. The Labute approximate surface area is 276 Å². The van der Waals surface area contributed by atoms with Crippen LogP contribution in [0.2, 0.25) is 0 Å². The number of hydrogen-bond acceptors (Lipinski definition) is 6. The SMILES string of the molecule is CC(C)(C)c1ccc(CCOP2OCC3(CO2)COP(OCCc2ccc(C(C)(C)C)cc2C(C)(C)C)OC3)c(C(C)(C)C)c1. The van der Waals surface area contributed by atoms with Gasteiger partial charge in [-0.15, -0.1) is 0 Å². The van der Waals surface area contributed by atoms with Gasteiger partial charge in [0, 0.05) is 0 Å². The molecule has 0 unspecified atom stereocenters. The Hall–Kier alpha value is -0.940. The molecule has 2 heterocycles. The molecule has 4 rings (SSSR count). The van der Waals surface area contributed by atoms with Crippen LogP contribution in [0.15, 0.2) is 36.4 Å². The summed E-state index contributed by atoms with van der Waals surface area (Å²) in [4.78, 5) is 0. The molecule has 0 amide bonds. The van der Waals surface area contributed by atoms with E-state index < -0.39 is 17.2 Å². The lowest BCUT2D eigenvalue weighted by Crippen LogP contribution is -2.44. The summed E-state index contributed by atoms with van der Waals surface area (Å²) in [5.74, 6) is 0. The van der Waals surface area contributed by atoms with E-state index >= 15 is 0 Å². The highest BCUT2D eigenvalue weighted by atomic mass is 31.2. The Kier molecular flexibility index (Phi) is 11.7. The predicted octanol–water partition coefficient (Wildman–Crippen LogP) is 10.2. The Morgan fingerprint density at radius 2 is 0.867 bits per heavy atom. The van der Waals surface area contributed by atoms with Crippen molar-refractivity contribution < 1.29 is 27.1 Å². The molecule has 0 aromatic heterocycles. The highest BCUT2D eigenvalue weighted by Crippen LogP contribution is 2.53. The second-order valence-corrected chi connectivity index (χ2v) is 19.4. The Balaban J connectivity index is 1.21. The van der Waals surface area contributed by atoms with Crippen molar-refractivity contribution in [2.24, 2.45) is 5.41 Å². The highest BCUT2D eigenvalue weighted by molar-refractivity contribution is 7.42. The second-order valence-electron chi connectivity index (χ2n) is 17.0. The van der Waals surface area contributed by atoms with Crippen molar-refractivity contribution in [1.82, 2.24) is 0 Å². The lowest BCUT2D eigenvalue weighted by Gasteiger charge is -2.41. The minimum atomic E-state index is -1.39. The van der Waals surface area contributed by atoms with Crippen molar-refractivity contribution in [3.8, 4) is 0 Å². The third-order valence-corrected chi connectivity index (χ3v) is 10.8. The van der Waals surface area contributed by atoms with Crippen LogP contribution in [0.1, 0.15) is 116 Å². The van der Waals surface area contributed by atoms with Gasteiger partial charge in [-0.3, -0.25) is 0 Å². The fourth-order valence-electron chi connectivity index (χ4n) is 5.61. The molecule has 6 nitrogen and oxygen atoms in total. The zero-order valence-electron chi connectivity index (χ0n) is 30.0. The molecule has 1 spiro atoms. The van der Waals surface area contributed by atoms with Gasteiger partial charge in [0.05, 0.1) is 45.1 Å². The Morgan fingerprint density at radius 1 is 0.533 bits per heavy atom. The first-order valence-corrected chi connectivity index (χ1v) is 18.6. The molecule has 2 aromatic carbocycles. The van der Waals surface area contributed by atoms with Crippen LogP contribution in [0, 0.1) is 5.41 Å². The molecule has 2 aromatic rings. The van der Waals surface area contributed by atoms with Crippen molar-refractivity contribution >= 4 is 17.2 Å². The van der Waals surface area contributed by atoms with Crippen LogP contribution in [0.5, 0.6) is 0 Å². The smallest absolute Gasteiger partial charge is 0.312 e. The van der Waals surface area contributed by atoms with Gasteiger partial charge in [-0.05, 0) is 67.9 Å². The van der Waals surface area contributed by atoms with Crippen molar-refractivity contribution in [3.63, 3.8) is 0 Å². The van der Waals surface area contributed by atoms with E-state index in [0.717, 1.165) is 12.8 Å². The zero-order valence-corrected chi connectivity index (χ0v) is 31.8. The first-order valence-electron chi connectivity index (χ1n) is 16.4. The number of rotatable bonds is 8. The molecule has 8 heteroatoms. The molecular formula is C37H58O6P2. The molecular weight excluding hydrogens is 602 g/mol. The maximum absolute atomic E-state index is 6.08. The molecule has 252 valence electrons. The average molecular weight is 661 g/mol. The van der Waals surface area contributed by atoms with Crippen LogP contribution in [0.25, 0.3) is 0 Å². The number of hydrogen-bond donors (Lipinski definition) is 0. The Morgan fingerprint density at radius 3 is 1.16 bits per heavy atom. The maximum Gasteiger partial charge on any atom is 0.332 e. The summed E-state index contributed by atoms with van der Waals surface area (Å²) < 4.78 is 36.4. The second kappa shape index (κ2) is 14.3. The average Bonchev–Trinajstić information content (AvgIpc) is 2.93. The lowest BCUT2D eigenvalue weighted by atomic mass is 9.78. The summed E-state index contributed by atoms with van der Waals surface area (Å²) in [6.07, 6.45) is 1.64. The third kappa shape index (κ3) is 10.0. The van der Waals surface area contributed by atoms with E-state index in [0.29, 0.717) is 39.6 Å². The van der Waals surface area contributed by atoms with E-state index in [2.05, 4.69) is 119 Å². The van der Waals surface area contributed by atoms with E-state index in [1.807, 2.05) is 0 Å². The molecule has 45 heavy (non-hydrogen) atoms. The van der Waals surface area contributed by atoms with Crippen molar-refractivity contribution in [2.75, 3.05) is 39.6 Å². The van der Waals surface area contributed by atoms with E-state index in [1.54, 1.807) is 0 Å². The van der Waals surface area contributed by atoms with Gasteiger partial charge >= 0.3 is 17.2 Å². The van der Waals surface area contributed by atoms with E-state index in [9.17, 15) is 0 Å². The highest BCUT2D eigenvalue weighted by Gasteiger charge is 2.44. The van der Waals surface area contributed by atoms with Gasteiger partial charge < -0.3 is 27.1 Å². The molecule has 0 aliphatic carbocycles. The monoisotopic (exact) mass is 660 g/mol. The summed E-state index contributed by atoms with van der Waals surface area (Å²) in [5, 5.41) is 0. The van der Waals surface area contributed by atoms with Crippen molar-refractivity contribution in [1.29, 1.82) is 0 Å². The fraction of sp³-hybridized carbons (Fsp3) is 0.676. The molecule has 2 fully saturated rings. The molecule has 2 saturated heterocycles. The number of benzene rings is 2. The van der Waals surface area contributed by atoms with Crippen LogP contribution in [0.4, 0.5) is 0 Å². The lowest BCUT2D eigenvalue weighted by molar-refractivity contribution is -0.0758. The molecule has 0 radical (unpaired) electrons. The molecule has 2 aliphatic rings. The van der Waals surface area contributed by atoms with Gasteiger partial charge in [-0.1, -0.05) is 119 Å². The van der Waals surface area contributed by atoms with Crippen molar-refractivity contribution in [2.45, 2.75) is 118 Å². The molecule has 0 saturated carbocycles. The quantitative estimate of drug-likeness (QED) is 0.263. The summed E-state index contributed by atoms with van der Waals surface area (Å²) in [7, 11) is -2.77. The van der Waals surface area contributed by atoms with Crippen LogP contribution >= 0.6 is 17.2 Å². The standard InChI is InChI=1S/C37H58O6P2/c1-33(2,3)29-15-13-27(31(21-29)35(7,8)9)17-19-38-44-40-23-37(24-41-44)25-42-45(43-26-37)39-20-18-28-14-16-30(34(4,5)6)22-32(28)36(10,11)12/h13-16,21-22H,17-20,23-26H2,1-12H3. The summed E-state index contributed by atoms with van der Waals surface area (Å²) in [5.41, 5.74) is 8.13.